The van der Waals surface area contributed by atoms with Gasteiger partial charge in [-0.1, -0.05) is 60.7 Å². The van der Waals surface area contributed by atoms with Gasteiger partial charge in [-0.15, -0.1) is 0 Å². The molecule has 0 N–H and O–H groups in total. The first-order chi connectivity index (χ1) is 13.5. The predicted octanol–water partition coefficient (Wildman–Crippen LogP) is 1.20. The van der Waals surface area contributed by atoms with E-state index in [9.17, 15) is 4.32 Å². The Morgan fingerprint density at radius 3 is 1.25 bits per heavy atom. The Morgan fingerprint density at radius 2 is 1.00 bits per heavy atom. The molecule has 0 saturated carbocycles. The minimum absolute atomic E-state index is 0.901. The van der Waals surface area contributed by atoms with Crippen molar-refractivity contribution in [1.29, 1.82) is 0 Å². The van der Waals surface area contributed by atoms with E-state index in [0.717, 1.165) is 22.6 Å². The lowest BCUT2D eigenvalue weighted by Crippen LogP contribution is -2.39. The summed E-state index contributed by atoms with van der Waals surface area (Å²) in [5.41, 5.74) is 2.22. The Morgan fingerprint density at radius 1 is 0.679 bits per heavy atom. The lowest BCUT2D eigenvalue weighted by atomic mass is 10.2. The Hall–Kier alpha value is -3.23. The summed E-state index contributed by atoms with van der Waals surface area (Å²) in [6, 6.07) is 24.0. The zero-order valence-corrected chi connectivity index (χ0v) is 15.6. The van der Waals surface area contributed by atoms with Gasteiger partial charge in [-0.05, 0) is 9.48 Å². The van der Waals surface area contributed by atoms with Crippen LogP contribution >= 0.6 is 0 Å². The van der Waals surface area contributed by atoms with Gasteiger partial charge in [0.05, 0.1) is 12.1 Å². The Balaban J connectivity index is 0.000000169. The third kappa shape index (κ3) is 7.18. The molecular formula is C20H20BFN2O4. The van der Waals surface area contributed by atoms with Crippen molar-refractivity contribution >= 4 is 7.40 Å². The Bertz CT molecular complexity index is 865. The van der Waals surface area contributed by atoms with Crippen LogP contribution in [0.4, 0.5) is 4.32 Å². The maximum atomic E-state index is 9.89. The van der Waals surface area contributed by atoms with Gasteiger partial charge in [-0.2, -0.15) is 0 Å². The van der Waals surface area contributed by atoms with Crippen molar-refractivity contribution in [2.75, 3.05) is 0 Å². The zero-order chi connectivity index (χ0) is 20.4. The van der Waals surface area contributed by atoms with Crippen molar-refractivity contribution in [2.24, 2.45) is 14.1 Å². The fourth-order valence-corrected chi connectivity index (χ4v) is 2.28. The van der Waals surface area contributed by atoms with Crippen LogP contribution in [-0.2, 0) is 14.1 Å². The number of nitrogens with zero attached hydrogens (tertiary/aromatic N) is 2. The molecule has 0 atom stereocenters. The first-order valence-electron chi connectivity index (χ1n) is 8.44. The smallest absolute Gasteiger partial charge is 0.219 e. The predicted molar refractivity (Wildman–Crippen MR) is 97.5 cm³/mol. The molecule has 4 aromatic rings. The average Bonchev–Trinajstić information content (AvgIpc) is 3.32. The quantitative estimate of drug-likeness (QED) is 0.386. The van der Waals surface area contributed by atoms with Crippen molar-refractivity contribution in [2.45, 2.75) is 0 Å². The maximum Gasteiger partial charge on any atom is 0.219 e. The van der Waals surface area contributed by atoms with Crippen LogP contribution in [0.3, 0.4) is 0 Å². The molecule has 4 rings (SSSR count). The Labute approximate surface area is 162 Å². The highest BCUT2D eigenvalue weighted by atomic mass is 19.1. The SMILES string of the molecule is C[n+]1ccc(-c2ccccc2)o1.C[n+]1ccc(-c2ccccc2)o1.[O-]B([O-])F. The number of aromatic nitrogens is 2. The van der Waals surface area contributed by atoms with E-state index in [1.54, 1.807) is 9.48 Å². The largest absolute Gasteiger partial charge is 0.867 e. The van der Waals surface area contributed by atoms with Gasteiger partial charge in [0.1, 0.15) is 7.40 Å². The van der Waals surface area contributed by atoms with E-state index in [4.69, 9.17) is 19.1 Å². The van der Waals surface area contributed by atoms with E-state index in [-0.39, 0.29) is 0 Å². The molecule has 0 fully saturated rings. The molecule has 2 aromatic heterocycles. The van der Waals surface area contributed by atoms with E-state index < -0.39 is 7.40 Å². The van der Waals surface area contributed by atoms with Crippen LogP contribution in [0, 0.1) is 0 Å². The highest BCUT2D eigenvalue weighted by molar-refractivity contribution is 6.27. The summed E-state index contributed by atoms with van der Waals surface area (Å²) in [7, 11) is 0.568. The lowest BCUT2D eigenvalue weighted by molar-refractivity contribution is -0.843. The molecule has 0 spiro atoms. The zero-order valence-electron chi connectivity index (χ0n) is 15.6. The van der Waals surface area contributed by atoms with Gasteiger partial charge in [-0.3, -0.25) is 0 Å². The van der Waals surface area contributed by atoms with Gasteiger partial charge in [0.25, 0.3) is 0 Å². The number of halogens is 1. The van der Waals surface area contributed by atoms with Crippen molar-refractivity contribution in [3.8, 4) is 22.6 Å². The summed E-state index contributed by atoms with van der Waals surface area (Å²) >= 11 is 0. The summed E-state index contributed by atoms with van der Waals surface area (Å²) < 4.78 is 24.0. The highest BCUT2D eigenvalue weighted by Gasteiger charge is 2.06. The van der Waals surface area contributed by atoms with Gasteiger partial charge >= 0.3 is 0 Å². The van der Waals surface area contributed by atoms with Gasteiger partial charge in [0.15, 0.2) is 14.1 Å². The number of hydrogen-bond donors (Lipinski definition) is 0. The topological polar surface area (TPSA) is 80.2 Å². The van der Waals surface area contributed by atoms with Crippen LogP contribution in [-0.4, -0.2) is 7.40 Å². The van der Waals surface area contributed by atoms with E-state index in [1.807, 2.05) is 99.3 Å². The number of aryl methyl sites for hydroxylation is 2. The molecule has 2 heterocycles. The minimum Gasteiger partial charge on any atom is -0.867 e. The number of benzene rings is 2. The van der Waals surface area contributed by atoms with Crippen LogP contribution in [0.25, 0.3) is 22.6 Å². The monoisotopic (exact) mass is 382 g/mol. The molecule has 0 aliphatic carbocycles. The third-order valence-electron chi connectivity index (χ3n) is 3.47. The molecule has 0 aliphatic heterocycles. The molecule has 0 aliphatic rings. The molecule has 144 valence electrons. The molecule has 8 heteroatoms. The van der Waals surface area contributed by atoms with Crippen molar-refractivity contribution < 1.29 is 32.9 Å². The molecule has 6 nitrogen and oxygen atoms in total. The molecule has 0 amide bonds. The standard InChI is InChI=1S/2C10H10NO.BFO2/c2*1-11-8-7-10(12-11)9-5-3-2-4-6-9;2-1(3)4/h2*2-8H,1H3;/q2*+1;-2. The lowest BCUT2D eigenvalue weighted by Gasteiger charge is -2.09. The summed E-state index contributed by atoms with van der Waals surface area (Å²) in [6.45, 7) is 0. The van der Waals surface area contributed by atoms with Crippen molar-refractivity contribution in [3.63, 3.8) is 0 Å². The summed E-state index contributed by atoms with van der Waals surface area (Å²) in [5.74, 6) is 1.80. The fourth-order valence-electron chi connectivity index (χ4n) is 2.28. The second kappa shape index (κ2) is 10.8. The van der Waals surface area contributed by atoms with E-state index >= 15 is 0 Å². The van der Waals surface area contributed by atoms with E-state index in [1.165, 1.54) is 0 Å². The third-order valence-corrected chi connectivity index (χ3v) is 3.47. The van der Waals surface area contributed by atoms with E-state index in [2.05, 4.69) is 0 Å². The minimum atomic E-state index is -3.17. The van der Waals surface area contributed by atoms with E-state index in [0.29, 0.717) is 0 Å². The first kappa shape index (κ1) is 21.1. The summed E-state index contributed by atoms with van der Waals surface area (Å²) in [4.78, 5) is 0. The van der Waals surface area contributed by atoms with Gasteiger partial charge in [0.2, 0.25) is 23.9 Å². The second-order valence-electron chi connectivity index (χ2n) is 5.64. The molecule has 0 saturated heterocycles. The normalized spacial score (nSPS) is 9.61. The maximum absolute atomic E-state index is 9.89. The fraction of sp³-hybridized carbons (Fsp3) is 0.100. The molecule has 0 bridgehead atoms. The second-order valence-corrected chi connectivity index (χ2v) is 5.64. The molecule has 0 radical (unpaired) electrons. The molecule has 2 aromatic carbocycles. The first-order valence-corrected chi connectivity index (χ1v) is 8.44. The van der Waals surface area contributed by atoms with Crippen LogP contribution in [0.15, 0.2) is 94.2 Å². The highest BCUT2D eigenvalue weighted by Crippen LogP contribution is 2.16. The summed E-state index contributed by atoms with van der Waals surface area (Å²) in [5, 5.41) is 16.6. The van der Waals surface area contributed by atoms with Gasteiger partial charge in [0, 0.05) is 11.1 Å². The molecule has 0 unspecified atom stereocenters. The number of hydrogen-bond acceptors (Lipinski definition) is 4. The van der Waals surface area contributed by atoms with Crippen LogP contribution in [0.1, 0.15) is 0 Å². The van der Waals surface area contributed by atoms with Crippen molar-refractivity contribution in [3.05, 3.63) is 85.2 Å². The van der Waals surface area contributed by atoms with Gasteiger partial charge < -0.3 is 14.4 Å². The molecular weight excluding hydrogens is 362 g/mol. The summed E-state index contributed by atoms with van der Waals surface area (Å²) in [6.07, 6.45) is 3.78. The van der Waals surface area contributed by atoms with Crippen LogP contribution < -0.4 is 19.5 Å². The van der Waals surface area contributed by atoms with Crippen molar-refractivity contribution in [1.82, 2.24) is 0 Å². The Kier molecular flexibility index (Phi) is 8.14. The average molecular weight is 382 g/mol. The van der Waals surface area contributed by atoms with Crippen LogP contribution in [0.2, 0.25) is 0 Å². The van der Waals surface area contributed by atoms with Crippen LogP contribution in [0.5, 0.6) is 0 Å². The number of rotatable bonds is 2. The molecule has 28 heavy (non-hydrogen) atoms. The van der Waals surface area contributed by atoms with Gasteiger partial charge in [-0.25, -0.2) is 9.05 Å².